The van der Waals surface area contributed by atoms with Crippen LogP contribution in [0.1, 0.15) is 15.9 Å². The summed E-state index contributed by atoms with van der Waals surface area (Å²) in [7, 11) is 0. The Hall–Kier alpha value is -3.09. The highest BCUT2D eigenvalue weighted by Gasteiger charge is 2.43. The van der Waals surface area contributed by atoms with Crippen LogP contribution in [0.5, 0.6) is 5.75 Å². The maximum Gasteiger partial charge on any atom is 0.344 e. The molecule has 2 N–H and O–H groups in total. The van der Waals surface area contributed by atoms with E-state index in [4.69, 9.17) is 4.74 Å². The van der Waals surface area contributed by atoms with E-state index in [9.17, 15) is 14.7 Å². The minimum absolute atomic E-state index is 0.282. The molecule has 0 saturated heterocycles. The van der Waals surface area contributed by atoms with Gasteiger partial charge in [-0.3, -0.25) is 4.79 Å². The highest BCUT2D eigenvalue weighted by molar-refractivity contribution is 7.81. The van der Waals surface area contributed by atoms with E-state index in [1.54, 1.807) is 91.0 Å². The number of hydrogen-bond acceptors (Lipinski definition) is 5. The molecule has 6 heteroatoms. The summed E-state index contributed by atoms with van der Waals surface area (Å²) in [6.45, 7) is 0. The number of hydrogen-bond donors (Lipinski definition) is 3. The lowest BCUT2D eigenvalue weighted by Crippen LogP contribution is -2.54. The van der Waals surface area contributed by atoms with Crippen LogP contribution >= 0.6 is 12.6 Å². The average molecular weight is 393 g/mol. The van der Waals surface area contributed by atoms with Gasteiger partial charge in [0.05, 0.1) is 0 Å². The molecule has 0 saturated carbocycles. The fourth-order valence-corrected chi connectivity index (χ4v) is 3.01. The summed E-state index contributed by atoms with van der Waals surface area (Å²) < 4.78 is 5.24. The number of aliphatic hydroxyl groups excluding tert-OH is 1. The van der Waals surface area contributed by atoms with E-state index in [1.807, 2.05) is 0 Å². The molecule has 0 aliphatic heterocycles. The molecule has 3 rings (SSSR count). The number of ether oxygens (including phenoxy) is 1. The topological polar surface area (TPSA) is 75.6 Å². The molecule has 3 aromatic carbocycles. The summed E-state index contributed by atoms with van der Waals surface area (Å²) >= 11 is 4.52. The van der Waals surface area contributed by atoms with Crippen LogP contribution in [0, 0.1) is 0 Å². The van der Waals surface area contributed by atoms with Crippen LogP contribution in [0.25, 0.3) is 0 Å². The van der Waals surface area contributed by atoms with Crippen LogP contribution in [0.3, 0.4) is 0 Å². The van der Waals surface area contributed by atoms with Gasteiger partial charge in [0.1, 0.15) is 10.6 Å². The first-order valence-electron chi connectivity index (χ1n) is 8.61. The van der Waals surface area contributed by atoms with Crippen LogP contribution in [0.15, 0.2) is 91.0 Å². The van der Waals surface area contributed by atoms with Crippen LogP contribution in [-0.4, -0.2) is 23.1 Å². The lowest BCUT2D eigenvalue weighted by atomic mass is 9.99. The second-order valence-electron chi connectivity index (χ2n) is 6.09. The third-order valence-corrected chi connectivity index (χ3v) is 4.75. The molecule has 0 spiro atoms. The molecule has 0 radical (unpaired) electrons. The van der Waals surface area contributed by atoms with Gasteiger partial charge in [-0.15, -0.1) is 12.6 Å². The van der Waals surface area contributed by atoms with Crippen molar-refractivity contribution in [1.29, 1.82) is 0 Å². The quantitative estimate of drug-likeness (QED) is 0.260. The predicted molar refractivity (Wildman–Crippen MR) is 109 cm³/mol. The third kappa shape index (κ3) is 4.42. The smallest absolute Gasteiger partial charge is 0.344 e. The SMILES string of the molecule is O=C(NC(S)(c1ccccc1)C(O)C(=O)Oc1ccccc1)c1ccccc1. The van der Waals surface area contributed by atoms with Gasteiger partial charge in [0, 0.05) is 5.56 Å². The standard InChI is InChI=1S/C22H19NO4S/c24-19(21(26)27-18-14-8-3-9-15-18)22(28,17-12-6-2-7-13-17)23-20(25)16-10-4-1-5-11-16/h1-15,19,24,28H,(H,23,25). The third-order valence-electron chi connectivity index (χ3n) is 4.13. The number of carbonyl (C=O) groups is 2. The monoisotopic (exact) mass is 393 g/mol. The van der Waals surface area contributed by atoms with E-state index >= 15 is 0 Å². The molecule has 0 aliphatic carbocycles. The van der Waals surface area contributed by atoms with Crippen molar-refractivity contribution in [2.45, 2.75) is 11.0 Å². The second kappa shape index (κ2) is 8.73. The number of thiol groups is 1. The number of aliphatic hydroxyl groups is 1. The summed E-state index contributed by atoms with van der Waals surface area (Å²) in [4.78, 5) is 23.6. The molecule has 5 nitrogen and oxygen atoms in total. The van der Waals surface area contributed by atoms with Crippen molar-refractivity contribution in [3.05, 3.63) is 102 Å². The molecule has 1 amide bonds. The lowest BCUT2D eigenvalue weighted by Gasteiger charge is -2.33. The highest BCUT2D eigenvalue weighted by atomic mass is 32.1. The van der Waals surface area contributed by atoms with Gasteiger partial charge < -0.3 is 15.2 Å². The van der Waals surface area contributed by atoms with E-state index in [0.717, 1.165) is 0 Å². The Morgan fingerprint density at radius 1 is 0.857 bits per heavy atom. The molecular weight excluding hydrogens is 374 g/mol. The summed E-state index contributed by atoms with van der Waals surface area (Å²) in [6.07, 6.45) is -1.76. The van der Waals surface area contributed by atoms with Gasteiger partial charge in [-0.1, -0.05) is 66.7 Å². The van der Waals surface area contributed by atoms with Crippen LogP contribution < -0.4 is 10.1 Å². The summed E-state index contributed by atoms with van der Waals surface area (Å²) in [5.41, 5.74) is 0.820. The van der Waals surface area contributed by atoms with E-state index < -0.39 is 22.9 Å². The molecule has 0 bridgehead atoms. The molecular formula is C22H19NO4S. The highest BCUT2D eigenvalue weighted by Crippen LogP contribution is 2.31. The number of nitrogens with one attached hydrogen (secondary N) is 1. The molecule has 3 aromatic rings. The number of esters is 1. The van der Waals surface area contributed by atoms with E-state index in [0.29, 0.717) is 11.1 Å². The molecule has 0 aromatic heterocycles. The number of amides is 1. The van der Waals surface area contributed by atoms with Gasteiger partial charge in [0.25, 0.3) is 5.91 Å². The molecule has 0 fully saturated rings. The van der Waals surface area contributed by atoms with Crippen LogP contribution in [-0.2, 0) is 9.67 Å². The Morgan fingerprint density at radius 3 is 1.93 bits per heavy atom. The Kier molecular flexibility index (Phi) is 6.13. The van der Waals surface area contributed by atoms with Crippen molar-refractivity contribution in [3.63, 3.8) is 0 Å². The van der Waals surface area contributed by atoms with Crippen molar-refractivity contribution in [2.24, 2.45) is 0 Å². The van der Waals surface area contributed by atoms with E-state index in [1.165, 1.54) is 0 Å². The van der Waals surface area contributed by atoms with Gasteiger partial charge in [0.15, 0.2) is 6.10 Å². The van der Waals surface area contributed by atoms with Gasteiger partial charge in [-0.2, -0.15) is 0 Å². The number of para-hydroxylation sites is 1. The first-order valence-corrected chi connectivity index (χ1v) is 9.05. The molecule has 28 heavy (non-hydrogen) atoms. The number of carbonyl (C=O) groups excluding carboxylic acids is 2. The second-order valence-corrected chi connectivity index (χ2v) is 6.79. The molecule has 0 heterocycles. The normalized spacial score (nSPS) is 13.8. The van der Waals surface area contributed by atoms with E-state index in [-0.39, 0.29) is 5.75 Å². The maximum atomic E-state index is 12.7. The Bertz CT molecular complexity index is 935. The first-order chi connectivity index (χ1) is 13.5. The van der Waals surface area contributed by atoms with E-state index in [2.05, 4.69) is 17.9 Å². The van der Waals surface area contributed by atoms with Gasteiger partial charge >= 0.3 is 5.97 Å². The van der Waals surface area contributed by atoms with Gasteiger partial charge in [-0.25, -0.2) is 4.79 Å². The molecule has 2 atom stereocenters. The minimum Gasteiger partial charge on any atom is -0.425 e. The summed E-state index contributed by atoms with van der Waals surface area (Å²) in [6, 6.07) is 25.4. The maximum absolute atomic E-state index is 12.7. The van der Waals surface area contributed by atoms with Crippen molar-refractivity contribution >= 4 is 24.5 Å². The minimum atomic E-state index is -1.76. The fourth-order valence-electron chi connectivity index (χ4n) is 2.66. The van der Waals surface area contributed by atoms with Gasteiger partial charge in [-0.05, 0) is 29.8 Å². The zero-order valence-corrected chi connectivity index (χ0v) is 15.8. The Labute approximate surface area is 168 Å². The zero-order chi connectivity index (χ0) is 20.0. The van der Waals surface area contributed by atoms with Crippen molar-refractivity contribution in [2.75, 3.05) is 0 Å². The fraction of sp³-hybridized carbons (Fsp3) is 0.0909. The Morgan fingerprint density at radius 2 is 1.36 bits per heavy atom. The lowest BCUT2D eigenvalue weighted by molar-refractivity contribution is -0.146. The first kappa shape index (κ1) is 19.7. The average Bonchev–Trinajstić information content (AvgIpc) is 2.75. The predicted octanol–water partition coefficient (Wildman–Crippen LogP) is 3.17. The number of rotatable bonds is 6. The van der Waals surface area contributed by atoms with Gasteiger partial charge in [0.2, 0.25) is 0 Å². The Balaban J connectivity index is 1.90. The van der Waals surface area contributed by atoms with Crippen LogP contribution in [0.4, 0.5) is 0 Å². The number of benzene rings is 3. The molecule has 142 valence electrons. The zero-order valence-electron chi connectivity index (χ0n) is 14.9. The summed E-state index contributed by atoms with van der Waals surface area (Å²) in [5, 5.41) is 13.4. The largest absolute Gasteiger partial charge is 0.425 e. The van der Waals surface area contributed by atoms with Crippen molar-refractivity contribution in [1.82, 2.24) is 5.32 Å². The molecule has 0 aliphatic rings. The summed E-state index contributed by atoms with van der Waals surface area (Å²) in [5.74, 6) is -1.13. The van der Waals surface area contributed by atoms with Crippen molar-refractivity contribution in [3.8, 4) is 5.75 Å². The van der Waals surface area contributed by atoms with Crippen molar-refractivity contribution < 1.29 is 19.4 Å². The molecule has 2 unspecified atom stereocenters. The van der Waals surface area contributed by atoms with Crippen LogP contribution in [0.2, 0.25) is 0 Å².